The summed E-state index contributed by atoms with van der Waals surface area (Å²) in [7, 11) is 3.91. The van der Waals surface area contributed by atoms with Crippen molar-refractivity contribution in [1.29, 1.82) is 0 Å². The molecule has 0 aliphatic heterocycles. The molecule has 2 aromatic carbocycles. The standard InChI is InChI=1S/C12H12N2O2/c1-13(2)12-5-3-4-9-8-10(14(15)16)6-7-11(9)12/h3-8H,1-2H3. The first-order valence-electron chi connectivity index (χ1n) is 4.94. The highest BCUT2D eigenvalue weighted by molar-refractivity contribution is 5.95. The average Bonchev–Trinajstić information content (AvgIpc) is 2.27. The minimum absolute atomic E-state index is 0.128. The van der Waals surface area contributed by atoms with Gasteiger partial charge in [-0.15, -0.1) is 0 Å². The van der Waals surface area contributed by atoms with Gasteiger partial charge in [0.1, 0.15) is 0 Å². The molecule has 0 amide bonds. The number of nitro benzene ring substituents is 1. The zero-order valence-electron chi connectivity index (χ0n) is 9.18. The van der Waals surface area contributed by atoms with Crippen molar-refractivity contribution >= 4 is 22.1 Å². The van der Waals surface area contributed by atoms with Crippen molar-refractivity contribution in [2.24, 2.45) is 0 Å². The average molecular weight is 216 g/mol. The lowest BCUT2D eigenvalue weighted by molar-refractivity contribution is -0.384. The fraction of sp³-hybridized carbons (Fsp3) is 0.167. The maximum atomic E-state index is 10.7. The van der Waals surface area contributed by atoms with Crippen LogP contribution in [0.2, 0.25) is 0 Å². The highest BCUT2D eigenvalue weighted by atomic mass is 16.6. The van der Waals surface area contributed by atoms with Crippen LogP contribution in [-0.2, 0) is 0 Å². The van der Waals surface area contributed by atoms with E-state index in [-0.39, 0.29) is 10.6 Å². The molecule has 0 spiro atoms. The van der Waals surface area contributed by atoms with E-state index in [0.717, 1.165) is 16.5 Å². The van der Waals surface area contributed by atoms with Gasteiger partial charge in [-0.3, -0.25) is 10.1 Å². The third kappa shape index (κ3) is 1.69. The number of hydrogen-bond donors (Lipinski definition) is 0. The predicted molar refractivity (Wildman–Crippen MR) is 64.9 cm³/mol. The van der Waals surface area contributed by atoms with E-state index in [2.05, 4.69) is 0 Å². The summed E-state index contributed by atoms with van der Waals surface area (Å²) in [6.07, 6.45) is 0. The Bertz CT molecular complexity index is 550. The first-order valence-corrected chi connectivity index (χ1v) is 4.94. The molecular weight excluding hydrogens is 204 g/mol. The lowest BCUT2D eigenvalue weighted by atomic mass is 10.1. The van der Waals surface area contributed by atoms with E-state index in [1.165, 1.54) is 6.07 Å². The Labute approximate surface area is 93.3 Å². The van der Waals surface area contributed by atoms with E-state index in [1.54, 1.807) is 12.1 Å². The summed E-state index contributed by atoms with van der Waals surface area (Å²) in [5.74, 6) is 0. The van der Waals surface area contributed by atoms with Crippen molar-refractivity contribution in [3.8, 4) is 0 Å². The van der Waals surface area contributed by atoms with Crippen molar-refractivity contribution in [1.82, 2.24) is 0 Å². The summed E-state index contributed by atoms with van der Waals surface area (Å²) in [5.41, 5.74) is 1.19. The Balaban J connectivity index is 2.68. The number of nitrogens with zero attached hydrogens (tertiary/aromatic N) is 2. The molecule has 82 valence electrons. The molecule has 0 bridgehead atoms. The van der Waals surface area contributed by atoms with Crippen LogP contribution in [0.5, 0.6) is 0 Å². The summed E-state index contributed by atoms with van der Waals surface area (Å²) in [5, 5.41) is 12.6. The lowest BCUT2D eigenvalue weighted by Crippen LogP contribution is -2.08. The van der Waals surface area contributed by atoms with E-state index in [0.29, 0.717) is 0 Å². The van der Waals surface area contributed by atoms with Crippen LogP contribution in [0.15, 0.2) is 36.4 Å². The first-order chi connectivity index (χ1) is 7.59. The number of anilines is 1. The third-order valence-corrected chi connectivity index (χ3v) is 2.53. The fourth-order valence-corrected chi connectivity index (χ4v) is 1.76. The Kier molecular flexibility index (Phi) is 2.48. The van der Waals surface area contributed by atoms with Gasteiger partial charge < -0.3 is 4.90 Å². The largest absolute Gasteiger partial charge is 0.377 e. The van der Waals surface area contributed by atoms with Crippen molar-refractivity contribution < 1.29 is 4.92 Å². The van der Waals surface area contributed by atoms with Gasteiger partial charge in [0, 0.05) is 37.3 Å². The second-order valence-corrected chi connectivity index (χ2v) is 3.83. The molecule has 0 radical (unpaired) electrons. The maximum Gasteiger partial charge on any atom is 0.270 e. The molecule has 2 aromatic rings. The minimum Gasteiger partial charge on any atom is -0.377 e. The number of fused-ring (bicyclic) bond motifs is 1. The van der Waals surface area contributed by atoms with Crippen LogP contribution in [0, 0.1) is 10.1 Å². The molecule has 0 atom stereocenters. The fourth-order valence-electron chi connectivity index (χ4n) is 1.76. The second kappa shape index (κ2) is 3.81. The van der Waals surface area contributed by atoms with Gasteiger partial charge in [-0.2, -0.15) is 0 Å². The number of benzene rings is 2. The SMILES string of the molecule is CN(C)c1cccc2cc([N+](=O)[O-])ccc12. The van der Waals surface area contributed by atoms with E-state index < -0.39 is 0 Å². The van der Waals surface area contributed by atoms with Crippen LogP contribution in [-0.4, -0.2) is 19.0 Å². The van der Waals surface area contributed by atoms with Gasteiger partial charge in [0.2, 0.25) is 0 Å². The normalized spacial score (nSPS) is 10.4. The van der Waals surface area contributed by atoms with E-state index in [9.17, 15) is 10.1 Å². The van der Waals surface area contributed by atoms with Gasteiger partial charge in [0.25, 0.3) is 5.69 Å². The Morgan fingerprint density at radius 1 is 1.19 bits per heavy atom. The first kappa shape index (κ1) is 10.4. The van der Waals surface area contributed by atoms with Gasteiger partial charge in [-0.25, -0.2) is 0 Å². The number of non-ortho nitro benzene ring substituents is 1. The third-order valence-electron chi connectivity index (χ3n) is 2.53. The molecule has 0 heterocycles. The summed E-state index contributed by atoms with van der Waals surface area (Å²) < 4.78 is 0. The van der Waals surface area contributed by atoms with Gasteiger partial charge >= 0.3 is 0 Å². The smallest absolute Gasteiger partial charge is 0.270 e. The predicted octanol–water partition coefficient (Wildman–Crippen LogP) is 2.81. The van der Waals surface area contributed by atoms with Gasteiger partial charge in [0.15, 0.2) is 0 Å². The molecule has 0 saturated heterocycles. The van der Waals surface area contributed by atoms with Crippen LogP contribution in [0.4, 0.5) is 11.4 Å². The molecule has 4 nitrogen and oxygen atoms in total. The topological polar surface area (TPSA) is 46.4 Å². The van der Waals surface area contributed by atoms with Crippen LogP contribution in [0.1, 0.15) is 0 Å². The van der Waals surface area contributed by atoms with Gasteiger partial charge in [-0.05, 0) is 17.5 Å². The van der Waals surface area contributed by atoms with E-state index in [4.69, 9.17) is 0 Å². The van der Waals surface area contributed by atoms with Crippen molar-refractivity contribution in [2.45, 2.75) is 0 Å². The molecule has 0 saturated carbocycles. The van der Waals surface area contributed by atoms with Crippen LogP contribution in [0.25, 0.3) is 10.8 Å². The quantitative estimate of drug-likeness (QED) is 0.572. The zero-order valence-corrected chi connectivity index (χ0v) is 9.18. The monoisotopic (exact) mass is 216 g/mol. The van der Waals surface area contributed by atoms with Crippen molar-refractivity contribution in [3.05, 3.63) is 46.5 Å². The molecule has 4 heteroatoms. The van der Waals surface area contributed by atoms with Crippen LogP contribution < -0.4 is 4.90 Å². The Hall–Kier alpha value is -2.10. The molecule has 0 unspecified atom stereocenters. The van der Waals surface area contributed by atoms with E-state index >= 15 is 0 Å². The van der Waals surface area contributed by atoms with Crippen LogP contribution >= 0.6 is 0 Å². The molecule has 0 aromatic heterocycles. The maximum absolute atomic E-state index is 10.7. The number of nitro groups is 1. The molecule has 0 N–H and O–H groups in total. The van der Waals surface area contributed by atoms with E-state index in [1.807, 2.05) is 37.2 Å². The number of hydrogen-bond acceptors (Lipinski definition) is 3. The second-order valence-electron chi connectivity index (χ2n) is 3.83. The summed E-state index contributed by atoms with van der Waals surface area (Å²) in [6, 6.07) is 10.7. The van der Waals surface area contributed by atoms with Gasteiger partial charge in [-0.1, -0.05) is 12.1 Å². The zero-order chi connectivity index (χ0) is 11.7. The molecule has 16 heavy (non-hydrogen) atoms. The molecule has 0 aliphatic rings. The Morgan fingerprint density at radius 2 is 1.94 bits per heavy atom. The molecule has 0 fully saturated rings. The highest BCUT2D eigenvalue weighted by Crippen LogP contribution is 2.28. The van der Waals surface area contributed by atoms with Crippen molar-refractivity contribution in [2.75, 3.05) is 19.0 Å². The Morgan fingerprint density at radius 3 is 2.56 bits per heavy atom. The molecular formula is C12H12N2O2. The number of rotatable bonds is 2. The van der Waals surface area contributed by atoms with Gasteiger partial charge in [0.05, 0.1) is 4.92 Å². The molecule has 0 aliphatic carbocycles. The summed E-state index contributed by atoms with van der Waals surface area (Å²) >= 11 is 0. The molecule has 2 rings (SSSR count). The summed E-state index contributed by atoms with van der Waals surface area (Å²) in [6.45, 7) is 0. The van der Waals surface area contributed by atoms with Crippen LogP contribution in [0.3, 0.4) is 0 Å². The summed E-state index contributed by atoms with van der Waals surface area (Å²) in [4.78, 5) is 12.3. The highest BCUT2D eigenvalue weighted by Gasteiger charge is 2.08. The lowest BCUT2D eigenvalue weighted by Gasteiger charge is -2.14. The minimum atomic E-state index is -0.373. The van der Waals surface area contributed by atoms with Crippen molar-refractivity contribution in [3.63, 3.8) is 0 Å².